The second-order valence-corrected chi connectivity index (χ2v) is 7.92. The maximum absolute atomic E-state index is 13.0. The molecule has 29 heavy (non-hydrogen) atoms. The van der Waals surface area contributed by atoms with Crippen molar-refractivity contribution in [1.29, 1.82) is 0 Å². The molecule has 0 saturated carbocycles. The van der Waals surface area contributed by atoms with Gasteiger partial charge in [-0.25, -0.2) is 9.37 Å². The molecule has 1 amide bonds. The molecule has 1 aliphatic rings. The van der Waals surface area contributed by atoms with Gasteiger partial charge in [-0.05, 0) is 48.9 Å². The van der Waals surface area contributed by atoms with Gasteiger partial charge in [-0.1, -0.05) is 23.9 Å². The van der Waals surface area contributed by atoms with Gasteiger partial charge in [-0.15, -0.1) is 0 Å². The first-order chi connectivity index (χ1) is 14.1. The minimum Gasteiger partial charge on any atom is -0.431 e. The van der Waals surface area contributed by atoms with E-state index in [-0.39, 0.29) is 17.5 Å². The highest BCUT2D eigenvalue weighted by molar-refractivity contribution is 7.99. The van der Waals surface area contributed by atoms with Crippen molar-refractivity contribution >= 4 is 23.4 Å². The topological polar surface area (TPSA) is 49.6 Å². The highest BCUT2D eigenvalue weighted by Crippen LogP contribution is 2.26. The Morgan fingerprint density at radius 3 is 2.62 bits per heavy atom. The molecule has 0 aliphatic carbocycles. The number of aromatic nitrogens is 1. The largest absolute Gasteiger partial charge is 0.431 e. The van der Waals surface area contributed by atoms with Crippen LogP contribution in [0.1, 0.15) is 5.56 Å². The Morgan fingerprint density at radius 2 is 1.90 bits per heavy atom. The lowest BCUT2D eigenvalue weighted by Gasteiger charge is -2.36. The molecule has 2 heterocycles. The number of thioether (sulfide) groups is 1. The Morgan fingerprint density at radius 1 is 1.14 bits per heavy atom. The molecule has 7 heteroatoms. The third kappa shape index (κ3) is 4.79. The first-order valence-corrected chi connectivity index (χ1v) is 10.5. The molecule has 0 radical (unpaired) electrons. The van der Waals surface area contributed by atoms with Gasteiger partial charge in [0.1, 0.15) is 5.82 Å². The summed E-state index contributed by atoms with van der Waals surface area (Å²) in [5.74, 6) is 0.636. The summed E-state index contributed by atoms with van der Waals surface area (Å²) in [5, 5.41) is 0.441. The summed E-state index contributed by atoms with van der Waals surface area (Å²) < 4.78 is 18.7. The van der Waals surface area contributed by atoms with Crippen molar-refractivity contribution in [2.24, 2.45) is 0 Å². The number of rotatable bonds is 5. The summed E-state index contributed by atoms with van der Waals surface area (Å²) in [6.45, 7) is 5.16. The monoisotopic (exact) mass is 411 g/mol. The van der Waals surface area contributed by atoms with Crippen LogP contribution in [0.5, 0.6) is 0 Å². The second kappa shape index (κ2) is 8.69. The van der Waals surface area contributed by atoms with E-state index in [1.165, 1.54) is 35.1 Å². The fourth-order valence-electron chi connectivity index (χ4n) is 3.33. The van der Waals surface area contributed by atoms with Gasteiger partial charge in [0.25, 0.3) is 5.22 Å². The number of halogens is 1. The fraction of sp³-hybridized carbons (Fsp3) is 0.273. The van der Waals surface area contributed by atoms with E-state index in [4.69, 9.17) is 4.42 Å². The third-order valence-electron chi connectivity index (χ3n) is 4.93. The lowest BCUT2D eigenvalue weighted by molar-refractivity contribution is -0.128. The van der Waals surface area contributed by atoms with Crippen molar-refractivity contribution in [2.45, 2.75) is 12.1 Å². The number of oxazole rings is 1. The molecule has 1 aromatic heterocycles. The molecule has 0 bridgehead atoms. The van der Waals surface area contributed by atoms with Gasteiger partial charge in [-0.3, -0.25) is 4.79 Å². The third-order valence-corrected chi connectivity index (χ3v) is 5.76. The Hall–Kier alpha value is -2.80. The Kier molecular flexibility index (Phi) is 5.85. The maximum atomic E-state index is 13.0. The number of carbonyl (C=O) groups is 1. The van der Waals surface area contributed by atoms with E-state index in [2.05, 4.69) is 41.1 Å². The number of piperazine rings is 1. The van der Waals surface area contributed by atoms with E-state index < -0.39 is 0 Å². The first-order valence-electron chi connectivity index (χ1n) is 9.52. The maximum Gasteiger partial charge on any atom is 0.256 e. The molecule has 0 unspecified atom stereocenters. The lowest BCUT2D eigenvalue weighted by Crippen LogP contribution is -2.49. The number of amides is 1. The SMILES string of the molecule is Cc1cccc(N2CCN(C(=O)CSc3ncc(-c4ccc(F)cc4)o3)CC2)c1. The molecule has 1 saturated heterocycles. The summed E-state index contributed by atoms with van der Waals surface area (Å²) in [6, 6.07) is 14.5. The van der Waals surface area contributed by atoms with Crippen LogP contribution >= 0.6 is 11.8 Å². The predicted molar refractivity (Wildman–Crippen MR) is 113 cm³/mol. The summed E-state index contributed by atoms with van der Waals surface area (Å²) in [5.41, 5.74) is 3.20. The lowest BCUT2D eigenvalue weighted by atomic mass is 10.2. The Bertz CT molecular complexity index is 982. The van der Waals surface area contributed by atoms with Gasteiger partial charge >= 0.3 is 0 Å². The molecule has 0 atom stereocenters. The molecule has 1 fully saturated rings. The number of anilines is 1. The van der Waals surface area contributed by atoms with Crippen LogP contribution in [-0.2, 0) is 4.79 Å². The van der Waals surface area contributed by atoms with Crippen LogP contribution in [0.15, 0.2) is 64.4 Å². The van der Waals surface area contributed by atoms with Gasteiger partial charge in [0.15, 0.2) is 5.76 Å². The van der Waals surface area contributed by atoms with Crippen molar-refractivity contribution in [3.05, 3.63) is 66.1 Å². The molecule has 2 aromatic carbocycles. The quantitative estimate of drug-likeness (QED) is 0.588. The molecule has 150 valence electrons. The van der Waals surface area contributed by atoms with Crippen LogP contribution in [0.4, 0.5) is 10.1 Å². The van der Waals surface area contributed by atoms with E-state index in [9.17, 15) is 9.18 Å². The average molecular weight is 412 g/mol. The van der Waals surface area contributed by atoms with Crippen LogP contribution in [0.2, 0.25) is 0 Å². The molecular formula is C22H22FN3O2S. The molecule has 0 spiro atoms. The standard InChI is InChI=1S/C22H22FN3O2S/c1-16-3-2-4-19(13-16)25-9-11-26(12-10-25)21(27)15-29-22-24-14-20(28-22)17-5-7-18(23)8-6-17/h2-8,13-14H,9-12,15H2,1H3. The molecule has 3 aromatic rings. The molecule has 0 N–H and O–H groups in total. The highest BCUT2D eigenvalue weighted by Gasteiger charge is 2.22. The zero-order valence-electron chi connectivity index (χ0n) is 16.2. The van der Waals surface area contributed by atoms with Crippen molar-refractivity contribution in [3.63, 3.8) is 0 Å². The van der Waals surface area contributed by atoms with Crippen molar-refractivity contribution in [1.82, 2.24) is 9.88 Å². The number of nitrogens with zero attached hydrogens (tertiary/aromatic N) is 3. The van der Waals surface area contributed by atoms with Crippen LogP contribution in [-0.4, -0.2) is 47.7 Å². The van der Waals surface area contributed by atoms with Crippen molar-refractivity contribution in [3.8, 4) is 11.3 Å². The molecule has 4 rings (SSSR count). The normalized spacial score (nSPS) is 14.3. The fourth-order valence-corrected chi connectivity index (χ4v) is 4.03. The zero-order valence-corrected chi connectivity index (χ0v) is 17.0. The summed E-state index contributed by atoms with van der Waals surface area (Å²) in [7, 11) is 0. The van der Waals surface area contributed by atoms with E-state index >= 15 is 0 Å². The van der Waals surface area contributed by atoms with Crippen molar-refractivity contribution in [2.75, 3.05) is 36.8 Å². The van der Waals surface area contributed by atoms with E-state index in [0.717, 1.165) is 18.7 Å². The van der Waals surface area contributed by atoms with Crippen LogP contribution in [0.3, 0.4) is 0 Å². The molecule has 5 nitrogen and oxygen atoms in total. The second-order valence-electron chi connectivity index (χ2n) is 6.99. The minimum atomic E-state index is -0.295. The number of hydrogen-bond donors (Lipinski definition) is 0. The van der Waals surface area contributed by atoms with Crippen LogP contribution in [0.25, 0.3) is 11.3 Å². The number of carbonyl (C=O) groups excluding carboxylic acids is 1. The average Bonchev–Trinajstić information content (AvgIpc) is 3.22. The predicted octanol–water partition coefficient (Wildman–Crippen LogP) is 4.23. The summed E-state index contributed by atoms with van der Waals surface area (Å²) >= 11 is 1.28. The number of benzene rings is 2. The van der Waals surface area contributed by atoms with Gasteiger partial charge in [0.05, 0.1) is 11.9 Å². The zero-order chi connectivity index (χ0) is 20.2. The van der Waals surface area contributed by atoms with Crippen LogP contribution < -0.4 is 4.90 Å². The number of aryl methyl sites for hydroxylation is 1. The highest BCUT2D eigenvalue weighted by atomic mass is 32.2. The van der Waals surface area contributed by atoms with E-state index in [1.54, 1.807) is 18.3 Å². The van der Waals surface area contributed by atoms with E-state index in [0.29, 0.717) is 24.1 Å². The van der Waals surface area contributed by atoms with Gasteiger partial charge < -0.3 is 14.2 Å². The van der Waals surface area contributed by atoms with Crippen molar-refractivity contribution < 1.29 is 13.6 Å². The first kappa shape index (κ1) is 19.5. The molecular weight excluding hydrogens is 389 g/mol. The van der Waals surface area contributed by atoms with Crippen LogP contribution in [0, 0.1) is 12.7 Å². The molecule has 1 aliphatic heterocycles. The Balaban J connectivity index is 1.28. The van der Waals surface area contributed by atoms with Gasteiger partial charge in [0.2, 0.25) is 5.91 Å². The summed E-state index contributed by atoms with van der Waals surface area (Å²) in [4.78, 5) is 21.0. The Labute approximate surface area is 173 Å². The number of hydrogen-bond acceptors (Lipinski definition) is 5. The van der Waals surface area contributed by atoms with Gasteiger partial charge in [-0.2, -0.15) is 0 Å². The summed E-state index contributed by atoms with van der Waals surface area (Å²) in [6.07, 6.45) is 1.60. The van der Waals surface area contributed by atoms with Gasteiger partial charge in [0, 0.05) is 37.4 Å². The van der Waals surface area contributed by atoms with E-state index in [1.807, 2.05) is 4.90 Å². The smallest absolute Gasteiger partial charge is 0.256 e. The minimum absolute atomic E-state index is 0.0837.